The summed E-state index contributed by atoms with van der Waals surface area (Å²) >= 11 is 5.86. The number of benzene rings is 1. The Morgan fingerprint density at radius 3 is 2.63 bits per heavy atom. The summed E-state index contributed by atoms with van der Waals surface area (Å²) in [6.07, 6.45) is 6.69. The summed E-state index contributed by atoms with van der Waals surface area (Å²) in [6, 6.07) is 10.6. The fourth-order valence-corrected chi connectivity index (χ4v) is 1.75. The summed E-state index contributed by atoms with van der Waals surface area (Å²) < 4.78 is 6.77. The van der Waals surface area contributed by atoms with Crippen molar-refractivity contribution in [1.29, 1.82) is 0 Å². The molecule has 0 saturated heterocycles. The van der Waals surface area contributed by atoms with Gasteiger partial charge < -0.3 is 4.74 Å². The molecule has 0 aliphatic heterocycles. The Morgan fingerprint density at radius 1 is 1.26 bits per heavy atom. The normalized spacial score (nSPS) is 10.6. The molecule has 1 heterocycles. The number of methoxy groups -OCH3 is 1. The van der Waals surface area contributed by atoms with Gasteiger partial charge in [-0.1, -0.05) is 11.6 Å². The van der Waals surface area contributed by atoms with Gasteiger partial charge in [0.1, 0.15) is 10.8 Å². The van der Waals surface area contributed by atoms with E-state index in [4.69, 9.17) is 16.3 Å². The van der Waals surface area contributed by atoms with Crippen LogP contribution in [0.4, 0.5) is 0 Å². The molecule has 0 bridgehead atoms. The number of rotatable bonds is 4. The molecule has 0 amide bonds. The van der Waals surface area contributed by atoms with Gasteiger partial charge in [0.25, 0.3) is 0 Å². The SMILES string of the molecule is COc1ccc(C(=O)/C=C\[n+]2cccc(Cl)c2)cc1. The number of halogens is 1. The van der Waals surface area contributed by atoms with Gasteiger partial charge in [0.2, 0.25) is 0 Å². The molecule has 2 aromatic rings. The van der Waals surface area contributed by atoms with Crippen molar-refractivity contribution in [2.24, 2.45) is 0 Å². The zero-order valence-electron chi connectivity index (χ0n) is 10.4. The number of nitrogens with zero attached hydrogens (tertiary/aromatic N) is 1. The Morgan fingerprint density at radius 2 is 2.00 bits per heavy atom. The highest BCUT2D eigenvalue weighted by atomic mass is 35.5. The highest BCUT2D eigenvalue weighted by molar-refractivity contribution is 6.30. The van der Waals surface area contributed by atoms with Crippen LogP contribution in [0.5, 0.6) is 5.75 Å². The van der Waals surface area contributed by atoms with Crippen molar-refractivity contribution < 1.29 is 14.1 Å². The highest BCUT2D eigenvalue weighted by Gasteiger charge is 2.04. The van der Waals surface area contributed by atoms with Crippen LogP contribution in [0.1, 0.15) is 10.4 Å². The Hall–Kier alpha value is -2.13. The molecule has 19 heavy (non-hydrogen) atoms. The number of ether oxygens (including phenoxy) is 1. The van der Waals surface area contributed by atoms with E-state index in [1.165, 1.54) is 6.08 Å². The molecule has 2 rings (SSSR count). The van der Waals surface area contributed by atoms with Crippen LogP contribution < -0.4 is 9.30 Å². The van der Waals surface area contributed by atoms with Crippen molar-refractivity contribution in [3.8, 4) is 5.75 Å². The number of carbonyl (C=O) groups is 1. The maximum atomic E-state index is 11.9. The van der Waals surface area contributed by atoms with Crippen LogP contribution in [0.2, 0.25) is 5.02 Å². The lowest BCUT2D eigenvalue weighted by atomic mass is 10.1. The molecule has 96 valence electrons. The smallest absolute Gasteiger partial charge is 0.193 e. The Kier molecular flexibility index (Phi) is 4.31. The van der Waals surface area contributed by atoms with Crippen LogP contribution in [-0.2, 0) is 0 Å². The maximum absolute atomic E-state index is 11.9. The maximum Gasteiger partial charge on any atom is 0.193 e. The van der Waals surface area contributed by atoms with Gasteiger partial charge in [0, 0.05) is 11.6 Å². The van der Waals surface area contributed by atoms with Crippen molar-refractivity contribution >= 4 is 23.6 Å². The Balaban J connectivity index is 2.11. The van der Waals surface area contributed by atoms with Gasteiger partial charge in [0.15, 0.2) is 24.4 Å². The van der Waals surface area contributed by atoms with Gasteiger partial charge in [-0.2, -0.15) is 4.57 Å². The molecule has 3 nitrogen and oxygen atoms in total. The lowest BCUT2D eigenvalue weighted by Crippen LogP contribution is -2.24. The summed E-state index contributed by atoms with van der Waals surface area (Å²) in [5, 5.41) is 0.615. The van der Waals surface area contributed by atoms with E-state index >= 15 is 0 Å². The number of allylic oxidation sites excluding steroid dienone is 1. The second-order valence-electron chi connectivity index (χ2n) is 3.88. The van der Waals surface area contributed by atoms with Crippen LogP contribution in [0.3, 0.4) is 0 Å². The molecule has 0 unspecified atom stereocenters. The summed E-state index contributed by atoms with van der Waals surface area (Å²) in [5.41, 5.74) is 0.611. The predicted octanol–water partition coefficient (Wildman–Crippen LogP) is 2.99. The molecule has 0 aliphatic carbocycles. The van der Waals surface area contributed by atoms with Crippen LogP contribution in [0.25, 0.3) is 6.20 Å². The summed E-state index contributed by atoms with van der Waals surface area (Å²) in [5.74, 6) is 0.653. The molecule has 0 fully saturated rings. The topological polar surface area (TPSA) is 30.2 Å². The first-order valence-electron chi connectivity index (χ1n) is 5.72. The molecule has 4 heteroatoms. The van der Waals surface area contributed by atoms with Gasteiger partial charge in [-0.25, -0.2) is 0 Å². The second kappa shape index (κ2) is 6.16. The van der Waals surface area contributed by atoms with E-state index in [0.29, 0.717) is 10.6 Å². The molecule has 0 aliphatic rings. The van der Waals surface area contributed by atoms with Crippen molar-refractivity contribution in [1.82, 2.24) is 0 Å². The predicted molar refractivity (Wildman–Crippen MR) is 74.3 cm³/mol. The standard InChI is InChI=1S/C15H13ClNO2/c1-19-14-6-4-12(5-7-14)15(18)8-10-17-9-2-3-13(16)11-17/h2-11H,1H3/q+1/b10-8-. The number of carbonyl (C=O) groups excluding carboxylic acids is 1. The van der Waals surface area contributed by atoms with E-state index in [0.717, 1.165) is 5.75 Å². The largest absolute Gasteiger partial charge is 0.497 e. The molecule has 0 radical (unpaired) electrons. The van der Waals surface area contributed by atoms with E-state index in [1.54, 1.807) is 54.4 Å². The fraction of sp³-hybridized carbons (Fsp3) is 0.0667. The third-order valence-electron chi connectivity index (χ3n) is 2.56. The van der Waals surface area contributed by atoms with E-state index in [-0.39, 0.29) is 5.78 Å². The zero-order chi connectivity index (χ0) is 13.7. The third kappa shape index (κ3) is 3.66. The fourth-order valence-electron chi connectivity index (χ4n) is 1.56. The minimum Gasteiger partial charge on any atom is -0.497 e. The number of hydrogen-bond acceptors (Lipinski definition) is 2. The van der Waals surface area contributed by atoms with E-state index in [1.807, 2.05) is 12.3 Å². The lowest BCUT2D eigenvalue weighted by molar-refractivity contribution is -0.568. The lowest BCUT2D eigenvalue weighted by Gasteiger charge is -1.99. The third-order valence-corrected chi connectivity index (χ3v) is 2.78. The molecule has 0 spiro atoms. The van der Waals surface area contributed by atoms with Crippen molar-refractivity contribution in [3.63, 3.8) is 0 Å². The van der Waals surface area contributed by atoms with E-state index in [2.05, 4.69) is 0 Å². The molecule has 0 saturated carbocycles. The highest BCUT2D eigenvalue weighted by Crippen LogP contribution is 2.12. The van der Waals surface area contributed by atoms with Crippen molar-refractivity contribution in [3.05, 3.63) is 65.5 Å². The molecular formula is C15H13ClNO2+. The average molecular weight is 275 g/mol. The van der Waals surface area contributed by atoms with Gasteiger partial charge in [-0.15, -0.1) is 0 Å². The van der Waals surface area contributed by atoms with Gasteiger partial charge in [0.05, 0.1) is 13.2 Å². The van der Waals surface area contributed by atoms with Gasteiger partial charge in [-0.3, -0.25) is 4.79 Å². The first-order valence-corrected chi connectivity index (χ1v) is 6.10. The van der Waals surface area contributed by atoms with Crippen LogP contribution in [-0.4, -0.2) is 12.9 Å². The first-order chi connectivity index (χ1) is 9.19. The number of pyridine rings is 1. The Labute approximate surface area is 116 Å². The minimum absolute atomic E-state index is 0.0740. The summed E-state index contributed by atoms with van der Waals surface area (Å²) in [4.78, 5) is 11.9. The minimum atomic E-state index is -0.0740. The summed E-state index contributed by atoms with van der Waals surface area (Å²) in [6.45, 7) is 0. The monoisotopic (exact) mass is 274 g/mol. The van der Waals surface area contributed by atoms with Gasteiger partial charge >= 0.3 is 0 Å². The van der Waals surface area contributed by atoms with E-state index in [9.17, 15) is 4.79 Å². The Bertz CT molecular complexity index is 606. The van der Waals surface area contributed by atoms with Crippen molar-refractivity contribution in [2.75, 3.05) is 7.11 Å². The van der Waals surface area contributed by atoms with Crippen LogP contribution >= 0.6 is 11.6 Å². The molecule has 1 aromatic carbocycles. The summed E-state index contributed by atoms with van der Waals surface area (Å²) in [7, 11) is 1.59. The number of hydrogen-bond donors (Lipinski definition) is 0. The molecule has 1 aromatic heterocycles. The van der Waals surface area contributed by atoms with Crippen LogP contribution in [0.15, 0.2) is 54.9 Å². The van der Waals surface area contributed by atoms with Crippen molar-refractivity contribution in [2.45, 2.75) is 0 Å². The quantitative estimate of drug-likeness (QED) is 0.487. The van der Waals surface area contributed by atoms with Gasteiger partial charge in [-0.05, 0) is 30.3 Å². The number of ketones is 1. The molecule has 0 atom stereocenters. The average Bonchev–Trinajstić information content (AvgIpc) is 2.45. The molecular weight excluding hydrogens is 262 g/mol. The zero-order valence-corrected chi connectivity index (χ0v) is 11.2. The van der Waals surface area contributed by atoms with E-state index < -0.39 is 0 Å². The van der Waals surface area contributed by atoms with Crippen LogP contribution in [0, 0.1) is 0 Å². The number of aromatic nitrogens is 1. The molecule has 0 N–H and O–H groups in total. The second-order valence-corrected chi connectivity index (χ2v) is 4.31. The first kappa shape index (κ1) is 13.3.